The third kappa shape index (κ3) is 2.63. The Labute approximate surface area is 175 Å². The molecule has 3 fully saturated rings. The molecule has 1 saturated heterocycles. The summed E-state index contributed by atoms with van der Waals surface area (Å²) in [6, 6.07) is 0. The van der Waals surface area contributed by atoms with E-state index in [0.717, 1.165) is 44.0 Å². The topological polar surface area (TPSA) is 95.3 Å². The van der Waals surface area contributed by atoms with Crippen LogP contribution in [0.4, 0.5) is 11.8 Å². The van der Waals surface area contributed by atoms with Crippen LogP contribution < -0.4 is 9.80 Å². The summed E-state index contributed by atoms with van der Waals surface area (Å²) in [4.78, 5) is 23.0. The standard InChI is InChI=1S/C19H21ClN6O2S/c20-11-4-21-16(22-5-11)15-12-7-25(8-13(12)15)18-23-6-14-17(24-18)26(10-29(14)28)19(9-27)2-1-3-19/h4-6,12-13,15,27H,1-3,7-10H2/t12?,13?,15?,29-/m0/s1. The molecular formula is C19H21ClN6O2S. The number of anilines is 2. The second-order valence-corrected chi connectivity index (χ2v) is 10.3. The van der Waals surface area contributed by atoms with Crippen molar-refractivity contribution < 1.29 is 9.32 Å². The van der Waals surface area contributed by atoms with E-state index in [1.807, 2.05) is 0 Å². The van der Waals surface area contributed by atoms with E-state index < -0.39 is 10.8 Å². The fourth-order valence-corrected chi connectivity index (χ4v) is 6.53. The lowest BCUT2D eigenvalue weighted by molar-refractivity contribution is 0.119. The summed E-state index contributed by atoms with van der Waals surface area (Å²) < 4.78 is 12.6. The number of rotatable bonds is 4. The summed E-state index contributed by atoms with van der Waals surface area (Å²) in [5.41, 5.74) is -0.309. The minimum absolute atomic E-state index is 0.0691. The summed E-state index contributed by atoms with van der Waals surface area (Å²) in [5, 5.41) is 10.5. The fraction of sp³-hybridized carbons (Fsp3) is 0.579. The van der Waals surface area contributed by atoms with E-state index in [4.69, 9.17) is 16.6 Å². The Hall–Kier alpha value is -1.84. The molecule has 3 atom stereocenters. The monoisotopic (exact) mass is 432 g/mol. The van der Waals surface area contributed by atoms with Gasteiger partial charge in [-0.05, 0) is 31.1 Å². The Kier molecular flexibility index (Phi) is 3.92. The van der Waals surface area contributed by atoms with Gasteiger partial charge in [0.15, 0.2) is 5.82 Å². The van der Waals surface area contributed by atoms with E-state index in [1.54, 1.807) is 18.6 Å². The van der Waals surface area contributed by atoms with Crippen LogP contribution in [-0.2, 0) is 10.8 Å². The van der Waals surface area contributed by atoms with Crippen LogP contribution in [0.3, 0.4) is 0 Å². The largest absolute Gasteiger partial charge is 0.394 e. The third-order valence-electron chi connectivity index (χ3n) is 7.04. The van der Waals surface area contributed by atoms with Crippen LogP contribution in [0, 0.1) is 11.8 Å². The highest BCUT2D eigenvalue weighted by atomic mass is 35.5. The van der Waals surface area contributed by atoms with Crippen molar-refractivity contribution >= 4 is 34.2 Å². The van der Waals surface area contributed by atoms with E-state index >= 15 is 0 Å². The first-order valence-electron chi connectivity index (χ1n) is 9.96. The zero-order chi connectivity index (χ0) is 19.8. The molecule has 152 valence electrons. The van der Waals surface area contributed by atoms with E-state index in [-0.39, 0.29) is 12.1 Å². The highest BCUT2D eigenvalue weighted by molar-refractivity contribution is 7.85. The lowest BCUT2D eigenvalue weighted by atomic mass is 9.76. The van der Waals surface area contributed by atoms with Gasteiger partial charge in [-0.3, -0.25) is 4.21 Å². The Bertz CT molecular complexity index is 983. The van der Waals surface area contributed by atoms with Crippen molar-refractivity contribution in [1.82, 2.24) is 19.9 Å². The van der Waals surface area contributed by atoms with E-state index in [1.165, 1.54) is 0 Å². The molecule has 0 bridgehead atoms. The smallest absolute Gasteiger partial charge is 0.227 e. The molecule has 2 unspecified atom stereocenters. The molecule has 4 heterocycles. The van der Waals surface area contributed by atoms with Gasteiger partial charge in [0.1, 0.15) is 16.6 Å². The molecular weight excluding hydrogens is 412 g/mol. The quantitative estimate of drug-likeness (QED) is 0.777. The van der Waals surface area contributed by atoms with Crippen LogP contribution in [0.1, 0.15) is 31.0 Å². The van der Waals surface area contributed by atoms with Crippen molar-refractivity contribution in [3.63, 3.8) is 0 Å². The first-order valence-corrected chi connectivity index (χ1v) is 11.7. The van der Waals surface area contributed by atoms with Gasteiger partial charge < -0.3 is 14.9 Å². The van der Waals surface area contributed by atoms with Gasteiger partial charge in [-0.25, -0.2) is 15.0 Å². The van der Waals surface area contributed by atoms with Gasteiger partial charge in [0, 0.05) is 31.4 Å². The van der Waals surface area contributed by atoms with Crippen LogP contribution in [0.5, 0.6) is 0 Å². The Morgan fingerprint density at radius 1 is 1.17 bits per heavy atom. The number of fused-ring (bicyclic) bond motifs is 2. The average Bonchev–Trinajstić information content (AvgIpc) is 3.04. The van der Waals surface area contributed by atoms with Gasteiger partial charge >= 0.3 is 0 Å². The van der Waals surface area contributed by atoms with Crippen molar-refractivity contribution in [2.45, 2.75) is 35.6 Å². The zero-order valence-electron chi connectivity index (χ0n) is 15.7. The molecule has 2 aromatic heterocycles. The van der Waals surface area contributed by atoms with E-state index in [9.17, 15) is 9.32 Å². The van der Waals surface area contributed by atoms with Crippen molar-refractivity contribution in [2.75, 3.05) is 35.4 Å². The Morgan fingerprint density at radius 3 is 2.52 bits per heavy atom. The number of aliphatic hydroxyl groups excluding tert-OH is 1. The molecule has 2 aliphatic heterocycles. The third-order valence-corrected chi connectivity index (χ3v) is 8.50. The fourth-order valence-electron chi connectivity index (χ4n) is 5.13. The van der Waals surface area contributed by atoms with Crippen molar-refractivity contribution in [3.8, 4) is 0 Å². The van der Waals surface area contributed by atoms with Gasteiger partial charge in [0.25, 0.3) is 0 Å². The molecule has 2 aliphatic carbocycles. The van der Waals surface area contributed by atoms with Crippen molar-refractivity contribution in [1.29, 1.82) is 0 Å². The molecule has 0 spiro atoms. The second kappa shape index (κ2) is 6.33. The predicted octanol–water partition coefficient (Wildman–Crippen LogP) is 1.57. The van der Waals surface area contributed by atoms with Crippen LogP contribution >= 0.6 is 11.6 Å². The molecule has 0 radical (unpaired) electrons. The molecule has 4 aliphatic rings. The average molecular weight is 433 g/mol. The molecule has 0 amide bonds. The summed E-state index contributed by atoms with van der Waals surface area (Å²) in [6.45, 7) is 1.81. The first kappa shape index (κ1) is 18.0. The lowest BCUT2D eigenvalue weighted by Gasteiger charge is -2.47. The number of hydrogen-bond acceptors (Lipinski definition) is 8. The van der Waals surface area contributed by atoms with Gasteiger partial charge in [-0.15, -0.1) is 0 Å². The maximum Gasteiger partial charge on any atom is 0.227 e. The highest BCUT2D eigenvalue weighted by Gasteiger charge is 2.58. The lowest BCUT2D eigenvalue weighted by Crippen LogP contribution is -2.56. The second-order valence-electron chi connectivity index (χ2n) is 8.51. The summed E-state index contributed by atoms with van der Waals surface area (Å²) in [7, 11) is -1.14. The number of aromatic nitrogens is 4. The number of halogens is 1. The van der Waals surface area contributed by atoms with Gasteiger partial charge in [-0.1, -0.05) is 11.6 Å². The summed E-state index contributed by atoms with van der Waals surface area (Å²) in [5.74, 6) is 4.09. The van der Waals surface area contributed by atoms with E-state index in [0.29, 0.717) is 39.5 Å². The number of hydrogen-bond donors (Lipinski definition) is 1. The SMILES string of the molecule is O=[S@]1CN(C2(CO)CCC2)c2nc(N3CC4C(C3)C4c3ncc(Cl)cn3)ncc21. The van der Waals surface area contributed by atoms with E-state index in [2.05, 4.69) is 24.8 Å². The molecule has 10 heteroatoms. The molecule has 2 aromatic rings. The molecule has 6 rings (SSSR count). The minimum Gasteiger partial charge on any atom is -0.394 e. The maximum atomic E-state index is 12.6. The van der Waals surface area contributed by atoms with Crippen LogP contribution in [-0.4, -0.2) is 60.4 Å². The molecule has 2 saturated carbocycles. The molecule has 0 aromatic carbocycles. The van der Waals surface area contributed by atoms with Gasteiger partial charge in [0.2, 0.25) is 5.95 Å². The zero-order valence-corrected chi connectivity index (χ0v) is 17.3. The normalized spacial score (nSPS) is 31.4. The maximum absolute atomic E-state index is 12.6. The molecule has 29 heavy (non-hydrogen) atoms. The number of piperidine rings is 1. The van der Waals surface area contributed by atoms with Crippen LogP contribution in [0.25, 0.3) is 0 Å². The molecule has 1 N–H and O–H groups in total. The molecule has 8 nitrogen and oxygen atoms in total. The number of aliphatic hydroxyl groups is 1. The van der Waals surface area contributed by atoms with Gasteiger partial charge in [-0.2, -0.15) is 4.98 Å². The van der Waals surface area contributed by atoms with Crippen LogP contribution in [0.2, 0.25) is 5.02 Å². The summed E-state index contributed by atoms with van der Waals surface area (Å²) in [6.07, 6.45) is 7.94. The van der Waals surface area contributed by atoms with Crippen LogP contribution in [0.15, 0.2) is 23.5 Å². The van der Waals surface area contributed by atoms with Gasteiger partial charge in [0.05, 0.1) is 34.2 Å². The number of nitrogens with zero attached hydrogens (tertiary/aromatic N) is 6. The minimum atomic E-state index is -1.14. The first-order chi connectivity index (χ1) is 14.1. The Morgan fingerprint density at radius 2 is 1.90 bits per heavy atom. The highest BCUT2D eigenvalue weighted by Crippen LogP contribution is 2.57. The summed E-state index contributed by atoms with van der Waals surface area (Å²) >= 11 is 5.90. The predicted molar refractivity (Wildman–Crippen MR) is 108 cm³/mol. The van der Waals surface area contributed by atoms with Crippen molar-refractivity contribution in [3.05, 3.63) is 29.4 Å². The van der Waals surface area contributed by atoms with Crippen molar-refractivity contribution in [2.24, 2.45) is 11.8 Å². The Balaban J connectivity index is 1.23.